The number of benzene rings is 3. The molecule has 0 spiro atoms. The quantitative estimate of drug-likeness (QED) is 0.501. The number of nitrogens with zero attached hydrogens (tertiary/aromatic N) is 1. The van der Waals surface area contributed by atoms with Crippen LogP contribution in [-0.4, -0.2) is 20.6 Å². The van der Waals surface area contributed by atoms with E-state index in [1.54, 1.807) is 24.3 Å². The van der Waals surface area contributed by atoms with Crippen LogP contribution in [0.15, 0.2) is 66.7 Å². The molecule has 0 aromatic heterocycles. The molecular formula is C28H32N2O3S. The van der Waals surface area contributed by atoms with Crippen LogP contribution in [0.3, 0.4) is 0 Å². The third-order valence-electron chi connectivity index (χ3n) is 6.48. The van der Waals surface area contributed by atoms with Crippen LogP contribution in [0.2, 0.25) is 0 Å². The predicted octanol–water partition coefficient (Wildman–Crippen LogP) is 5.33. The van der Waals surface area contributed by atoms with E-state index < -0.39 is 10.0 Å². The zero-order valence-corrected chi connectivity index (χ0v) is 20.9. The van der Waals surface area contributed by atoms with Gasteiger partial charge in [-0.05, 0) is 86.1 Å². The van der Waals surface area contributed by atoms with Gasteiger partial charge in [0, 0.05) is 5.56 Å². The molecule has 1 amide bonds. The van der Waals surface area contributed by atoms with Crippen LogP contribution in [0.5, 0.6) is 0 Å². The van der Waals surface area contributed by atoms with E-state index >= 15 is 0 Å². The number of aryl methyl sites for hydroxylation is 3. The average molecular weight is 477 g/mol. The highest BCUT2D eigenvalue weighted by Gasteiger charge is 2.19. The Hall–Kier alpha value is -3.12. The number of carbonyl (C=O) groups is 1. The molecule has 0 bridgehead atoms. The zero-order valence-electron chi connectivity index (χ0n) is 20.0. The van der Waals surface area contributed by atoms with Crippen LogP contribution in [0.4, 0.5) is 5.69 Å². The second kappa shape index (κ2) is 10.0. The minimum absolute atomic E-state index is 0.117. The average Bonchev–Trinajstić information content (AvgIpc) is 2.82. The van der Waals surface area contributed by atoms with Gasteiger partial charge in [0.15, 0.2) is 0 Å². The van der Waals surface area contributed by atoms with Crippen molar-refractivity contribution < 1.29 is 13.2 Å². The van der Waals surface area contributed by atoms with Crippen LogP contribution >= 0.6 is 0 Å². The second-order valence-corrected chi connectivity index (χ2v) is 11.1. The smallest absolute Gasteiger partial charge is 0.251 e. The van der Waals surface area contributed by atoms with Crippen LogP contribution in [-0.2, 0) is 29.4 Å². The molecule has 1 aliphatic carbocycles. The Morgan fingerprint density at radius 2 is 1.59 bits per heavy atom. The van der Waals surface area contributed by atoms with Crippen LogP contribution in [0.1, 0.15) is 64.0 Å². The molecule has 1 N–H and O–H groups in total. The fourth-order valence-corrected chi connectivity index (χ4v) is 5.31. The summed E-state index contributed by atoms with van der Waals surface area (Å²) in [5.74, 6) is -0.179. The van der Waals surface area contributed by atoms with Gasteiger partial charge in [0.05, 0.1) is 24.5 Å². The van der Waals surface area contributed by atoms with E-state index in [0.29, 0.717) is 11.3 Å². The molecule has 0 aliphatic heterocycles. The normalized spacial score (nSPS) is 14.2. The van der Waals surface area contributed by atoms with Gasteiger partial charge < -0.3 is 5.32 Å². The first-order chi connectivity index (χ1) is 16.2. The summed E-state index contributed by atoms with van der Waals surface area (Å²) in [5, 5.41) is 3.07. The maximum atomic E-state index is 12.9. The van der Waals surface area contributed by atoms with E-state index in [9.17, 15) is 13.2 Å². The van der Waals surface area contributed by atoms with Gasteiger partial charge in [-0.3, -0.25) is 9.10 Å². The van der Waals surface area contributed by atoms with E-state index in [4.69, 9.17) is 0 Å². The molecule has 0 radical (unpaired) electrons. The molecule has 0 saturated heterocycles. The number of hydrogen-bond acceptors (Lipinski definition) is 3. The van der Waals surface area contributed by atoms with Crippen molar-refractivity contribution in [2.24, 2.45) is 0 Å². The molecule has 0 heterocycles. The van der Waals surface area contributed by atoms with Crippen molar-refractivity contribution in [1.82, 2.24) is 5.32 Å². The number of rotatable bonds is 7. The molecule has 5 nitrogen and oxygen atoms in total. The Bertz CT molecular complexity index is 1270. The monoisotopic (exact) mass is 476 g/mol. The van der Waals surface area contributed by atoms with E-state index in [1.807, 2.05) is 38.1 Å². The summed E-state index contributed by atoms with van der Waals surface area (Å²) in [6.45, 7) is 4.22. The number of carbonyl (C=O) groups excluding carboxylic acids is 1. The van der Waals surface area contributed by atoms with Crippen molar-refractivity contribution >= 4 is 21.6 Å². The lowest BCUT2D eigenvalue weighted by Gasteiger charge is -2.23. The van der Waals surface area contributed by atoms with Crippen molar-refractivity contribution in [2.75, 3.05) is 10.6 Å². The summed E-state index contributed by atoms with van der Waals surface area (Å²) in [4.78, 5) is 12.9. The Balaban J connectivity index is 1.47. The van der Waals surface area contributed by atoms with Crippen molar-refractivity contribution in [3.8, 4) is 0 Å². The number of anilines is 1. The summed E-state index contributed by atoms with van der Waals surface area (Å²) in [6, 6.07) is 20.9. The van der Waals surface area contributed by atoms with E-state index in [1.165, 1.54) is 34.5 Å². The van der Waals surface area contributed by atoms with Crippen molar-refractivity contribution in [2.45, 2.75) is 52.1 Å². The molecule has 34 heavy (non-hydrogen) atoms. The van der Waals surface area contributed by atoms with E-state index in [-0.39, 0.29) is 18.5 Å². The molecule has 6 heteroatoms. The first-order valence-corrected chi connectivity index (χ1v) is 13.6. The summed E-state index contributed by atoms with van der Waals surface area (Å²) < 4.78 is 26.3. The number of hydrogen-bond donors (Lipinski definition) is 1. The lowest BCUT2D eigenvalue weighted by atomic mass is 9.89. The first-order valence-electron chi connectivity index (χ1n) is 11.8. The fraction of sp³-hybridized carbons (Fsp3) is 0.321. The Kier molecular flexibility index (Phi) is 7.08. The van der Waals surface area contributed by atoms with Crippen LogP contribution in [0, 0.1) is 6.92 Å². The van der Waals surface area contributed by atoms with Gasteiger partial charge in [0.2, 0.25) is 10.0 Å². The van der Waals surface area contributed by atoms with Gasteiger partial charge in [-0.15, -0.1) is 0 Å². The maximum Gasteiger partial charge on any atom is 0.251 e. The third kappa shape index (κ3) is 5.68. The molecular weight excluding hydrogens is 444 g/mol. The SMILES string of the molecule is Cc1ccc(CN(c2ccc(C(=O)N[C@H](C)c3ccc4c(c3)CCCC4)cc2)S(C)(=O)=O)cc1. The van der Waals surface area contributed by atoms with Gasteiger partial charge in [0.25, 0.3) is 5.91 Å². The minimum Gasteiger partial charge on any atom is -0.346 e. The number of fused-ring (bicyclic) bond motifs is 1. The van der Waals surface area contributed by atoms with Gasteiger partial charge in [-0.2, -0.15) is 0 Å². The summed E-state index contributed by atoms with van der Waals surface area (Å²) in [7, 11) is -3.49. The molecule has 0 fully saturated rings. The van der Waals surface area contributed by atoms with Gasteiger partial charge >= 0.3 is 0 Å². The molecule has 0 unspecified atom stereocenters. The maximum absolute atomic E-state index is 12.9. The Morgan fingerprint density at radius 1 is 0.941 bits per heavy atom. The largest absolute Gasteiger partial charge is 0.346 e. The van der Waals surface area contributed by atoms with Gasteiger partial charge in [0.1, 0.15) is 0 Å². The highest BCUT2D eigenvalue weighted by atomic mass is 32.2. The predicted molar refractivity (Wildman–Crippen MR) is 138 cm³/mol. The topological polar surface area (TPSA) is 66.5 Å². The first kappa shape index (κ1) is 24.0. The lowest BCUT2D eigenvalue weighted by molar-refractivity contribution is 0.0940. The molecule has 178 valence electrons. The van der Waals surface area contributed by atoms with Gasteiger partial charge in [-0.1, -0.05) is 48.0 Å². The molecule has 3 aromatic rings. The molecule has 1 atom stereocenters. The summed E-state index contributed by atoms with van der Waals surface area (Å²) >= 11 is 0. The zero-order chi connectivity index (χ0) is 24.3. The van der Waals surface area contributed by atoms with E-state index in [0.717, 1.165) is 29.5 Å². The third-order valence-corrected chi connectivity index (χ3v) is 7.63. The van der Waals surface area contributed by atoms with Crippen molar-refractivity contribution in [3.05, 3.63) is 100 Å². The van der Waals surface area contributed by atoms with E-state index in [2.05, 4.69) is 23.5 Å². The molecule has 0 saturated carbocycles. The molecule has 4 rings (SSSR count). The fourth-order valence-electron chi connectivity index (χ4n) is 4.42. The van der Waals surface area contributed by atoms with Crippen LogP contribution in [0.25, 0.3) is 0 Å². The highest BCUT2D eigenvalue weighted by Crippen LogP contribution is 2.25. The number of nitrogens with one attached hydrogen (secondary N) is 1. The van der Waals surface area contributed by atoms with Crippen molar-refractivity contribution in [1.29, 1.82) is 0 Å². The molecule has 3 aromatic carbocycles. The molecule has 1 aliphatic rings. The second-order valence-electron chi connectivity index (χ2n) is 9.23. The van der Waals surface area contributed by atoms with Crippen molar-refractivity contribution in [3.63, 3.8) is 0 Å². The number of amides is 1. The Morgan fingerprint density at radius 3 is 2.24 bits per heavy atom. The van der Waals surface area contributed by atoms with Gasteiger partial charge in [-0.25, -0.2) is 8.42 Å². The summed E-state index contributed by atoms with van der Waals surface area (Å²) in [5.41, 5.74) is 6.96. The summed E-state index contributed by atoms with van der Waals surface area (Å²) in [6.07, 6.45) is 5.90. The standard InChI is InChI=1S/C28H32N2O3S/c1-20-8-10-22(11-9-20)19-30(34(3,32)33)27-16-14-24(15-17-27)28(31)29-21(2)25-13-12-23-6-4-5-7-26(23)18-25/h8-18,21H,4-7,19H2,1-3H3,(H,29,31)/t21-/m1/s1. The highest BCUT2D eigenvalue weighted by molar-refractivity contribution is 7.92. The van der Waals surface area contributed by atoms with Crippen LogP contribution < -0.4 is 9.62 Å². The number of sulfonamides is 1. The minimum atomic E-state index is -3.49. The Labute approximate surface area is 202 Å². The lowest BCUT2D eigenvalue weighted by Crippen LogP contribution is -2.29.